The van der Waals surface area contributed by atoms with Crippen molar-refractivity contribution in [3.05, 3.63) is 45.9 Å². The lowest BCUT2D eigenvalue weighted by molar-refractivity contribution is 0.0776. The molecule has 0 saturated heterocycles. The minimum absolute atomic E-state index is 0.0123. The second-order valence-electron chi connectivity index (χ2n) is 4.49. The molecule has 4 nitrogen and oxygen atoms in total. The molecule has 0 bridgehead atoms. The van der Waals surface area contributed by atoms with Gasteiger partial charge in [0.15, 0.2) is 0 Å². The van der Waals surface area contributed by atoms with E-state index in [4.69, 9.17) is 5.73 Å². The SMILES string of the molecule is CN(Cc1csc(C#CCN)c1)C(=O)c1cccn1C. The first-order valence-corrected chi connectivity index (χ1v) is 7.13. The first-order chi connectivity index (χ1) is 9.61. The fraction of sp³-hybridized carbons (Fsp3) is 0.267. The van der Waals surface area contributed by atoms with E-state index in [1.807, 2.05) is 41.4 Å². The van der Waals surface area contributed by atoms with Crippen molar-refractivity contribution < 1.29 is 4.79 Å². The maximum absolute atomic E-state index is 12.3. The zero-order valence-corrected chi connectivity index (χ0v) is 12.4. The van der Waals surface area contributed by atoms with E-state index in [1.165, 1.54) is 0 Å². The number of nitrogens with zero attached hydrogens (tertiary/aromatic N) is 2. The van der Waals surface area contributed by atoms with Crippen LogP contribution in [0.25, 0.3) is 0 Å². The molecule has 2 rings (SSSR count). The van der Waals surface area contributed by atoms with Crippen LogP contribution in [-0.2, 0) is 13.6 Å². The van der Waals surface area contributed by atoms with E-state index in [9.17, 15) is 4.79 Å². The van der Waals surface area contributed by atoms with Crippen molar-refractivity contribution in [2.45, 2.75) is 6.54 Å². The zero-order valence-electron chi connectivity index (χ0n) is 11.6. The predicted molar refractivity (Wildman–Crippen MR) is 81.5 cm³/mol. The molecule has 104 valence electrons. The Kier molecular flexibility index (Phi) is 4.61. The number of hydrogen-bond acceptors (Lipinski definition) is 3. The Hall–Kier alpha value is -2.03. The van der Waals surface area contributed by atoms with Gasteiger partial charge in [-0.3, -0.25) is 4.79 Å². The number of carbonyl (C=O) groups excluding carboxylic acids is 1. The summed E-state index contributed by atoms with van der Waals surface area (Å²) in [5, 5.41) is 2.02. The van der Waals surface area contributed by atoms with Crippen molar-refractivity contribution in [2.75, 3.05) is 13.6 Å². The van der Waals surface area contributed by atoms with Gasteiger partial charge in [-0.05, 0) is 29.1 Å². The van der Waals surface area contributed by atoms with Gasteiger partial charge in [-0.2, -0.15) is 0 Å². The smallest absolute Gasteiger partial charge is 0.270 e. The molecule has 0 radical (unpaired) electrons. The average molecular weight is 287 g/mol. The Morgan fingerprint density at radius 1 is 1.55 bits per heavy atom. The number of carbonyl (C=O) groups is 1. The third-order valence-corrected chi connectivity index (χ3v) is 3.79. The highest BCUT2D eigenvalue weighted by atomic mass is 32.1. The van der Waals surface area contributed by atoms with Crippen LogP contribution < -0.4 is 5.73 Å². The molecule has 0 aliphatic carbocycles. The second-order valence-corrected chi connectivity index (χ2v) is 5.40. The average Bonchev–Trinajstić information content (AvgIpc) is 3.04. The highest BCUT2D eigenvalue weighted by Crippen LogP contribution is 2.16. The summed E-state index contributed by atoms with van der Waals surface area (Å²) < 4.78 is 1.82. The summed E-state index contributed by atoms with van der Waals surface area (Å²) in [6, 6.07) is 5.69. The summed E-state index contributed by atoms with van der Waals surface area (Å²) in [5.74, 6) is 5.84. The van der Waals surface area contributed by atoms with E-state index in [0.29, 0.717) is 18.8 Å². The van der Waals surface area contributed by atoms with Crippen LogP contribution >= 0.6 is 11.3 Å². The molecule has 0 aliphatic heterocycles. The van der Waals surface area contributed by atoms with E-state index in [0.717, 1.165) is 10.4 Å². The molecule has 2 heterocycles. The van der Waals surface area contributed by atoms with Gasteiger partial charge in [0.25, 0.3) is 5.91 Å². The van der Waals surface area contributed by atoms with Crippen molar-refractivity contribution in [3.8, 4) is 11.8 Å². The van der Waals surface area contributed by atoms with Gasteiger partial charge < -0.3 is 15.2 Å². The Balaban J connectivity index is 2.04. The summed E-state index contributed by atoms with van der Waals surface area (Å²) in [6.07, 6.45) is 1.87. The molecule has 2 aromatic rings. The number of nitrogens with two attached hydrogens (primary N) is 1. The third-order valence-electron chi connectivity index (χ3n) is 2.90. The van der Waals surface area contributed by atoms with Crippen LogP contribution in [0.5, 0.6) is 0 Å². The van der Waals surface area contributed by atoms with E-state index >= 15 is 0 Å². The van der Waals surface area contributed by atoms with Crippen LogP contribution in [0.15, 0.2) is 29.8 Å². The van der Waals surface area contributed by atoms with Gasteiger partial charge in [-0.15, -0.1) is 11.3 Å². The number of aryl methyl sites for hydroxylation is 1. The molecule has 0 atom stereocenters. The van der Waals surface area contributed by atoms with Gasteiger partial charge in [0, 0.05) is 26.8 Å². The first kappa shape index (κ1) is 14.4. The molecular formula is C15H17N3OS. The highest BCUT2D eigenvalue weighted by molar-refractivity contribution is 7.10. The fourth-order valence-corrected chi connectivity index (χ4v) is 2.66. The number of hydrogen-bond donors (Lipinski definition) is 1. The number of rotatable bonds is 3. The van der Waals surface area contributed by atoms with Crippen molar-refractivity contribution in [2.24, 2.45) is 12.8 Å². The Morgan fingerprint density at radius 3 is 3.00 bits per heavy atom. The molecule has 1 amide bonds. The summed E-state index contributed by atoms with van der Waals surface area (Å²) >= 11 is 1.57. The molecule has 0 aliphatic rings. The van der Waals surface area contributed by atoms with Crippen LogP contribution in [0.2, 0.25) is 0 Å². The van der Waals surface area contributed by atoms with Crippen LogP contribution in [-0.4, -0.2) is 29.0 Å². The minimum Gasteiger partial charge on any atom is -0.347 e. The van der Waals surface area contributed by atoms with Gasteiger partial charge in [0.1, 0.15) is 5.69 Å². The predicted octanol–water partition coefficient (Wildman–Crippen LogP) is 1.67. The quantitative estimate of drug-likeness (QED) is 0.873. The van der Waals surface area contributed by atoms with Crippen molar-refractivity contribution >= 4 is 17.2 Å². The summed E-state index contributed by atoms with van der Waals surface area (Å²) in [4.78, 5) is 15.0. The molecule has 20 heavy (non-hydrogen) atoms. The van der Waals surface area contributed by atoms with Crippen molar-refractivity contribution in [3.63, 3.8) is 0 Å². The van der Waals surface area contributed by atoms with Crippen LogP contribution in [0, 0.1) is 11.8 Å². The maximum Gasteiger partial charge on any atom is 0.270 e. The minimum atomic E-state index is 0.0123. The largest absolute Gasteiger partial charge is 0.347 e. The Morgan fingerprint density at radius 2 is 2.35 bits per heavy atom. The summed E-state index contributed by atoms with van der Waals surface area (Å²) in [6.45, 7) is 0.934. The van der Waals surface area contributed by atoms with Crippen molar-refractivity contribution in [1.29, 1.82) is 0 Å². The molecule has 2 aromatic heterocycles. The molecule has 5 heteroatoms. The van der Waals surface area contributed by atoms with Crippen LogP contribution in [0.3, 0.4) is 0 Å². The zero-order chi connectivity index (χ0) is 14.5. The summed E-state index contributed by atoms with van der Waals surface area (Å²) in [7, 11) is 3.67. The van der Waals surface area contributed by atoms with E-state index in [-0.39, 0.29) is 5.91 Å². The van der Waals surface area contributed by atoms with Gasteiger partial charge >= 0.3 is 0 Å². The van der Waals surface area contributed by atoms with E-state index in [1.54, 1.807) is 23.3 Å². The van der Waals surface area contributed by atoms with Gasteiger partial charge in [0.2, 0.25) is 0 Å². The number of amides is 1. The van der Waals surface area contributed by atoms with Crippen molar-refractivity contribution in [1.82, 2.24) is 9.47 Å². The first-order valence-electron chi connectivity index (χ1n) is 6.25. The summed E-state index contributed by atoms with van der Waals surface area (Å²) in [5.41, 5.74) is 7.12. The highest BCUT2D eigenvalue weighted by Gasteiger charge is 2.14. The third kappa shape index (κ3) is 3.29. The molecule has 2 N–H and O–H groups in total. The topological polar surface area (TPSA) is 51.3 Å². The van der Waals surface area contributed by atoms with Crippen LogP contribution in [0.1, 0.15) is 20.9 Å². The molecule has 0 spiro atoms. The number of thiophene rings is 1. The monoisotopic (exact) mass is 287 g/mol. The Labute approximate surface area is 122 Å². The lowest BCUT2D eigenvalue weighted by Gasteiger charge is -2.16. The van der Waals surface area contributed by atoms with Gasteiger partial charge in [0.05, 0.1) is 11.4 Å². The van der Waals surface area contributed by atoms with Gasteiger partial charge in [-0.25, -0.2) is 0 Å². The molecule has 0 saturated carbocycles. The van der Waals surface area contributed by atoms with Gasteiger partial charge in [-0.1, -0.05) is 11.8 Å². The normalized spacial score (nSPS) is 9.95. The lowest BCUT2D eigenvalue weighted by Crippen LogP contribution is -2.27. The maximum atomic E-state index is 12.3. The molecule has 0 unspecified atom stereocenters. The Bertz CT molecular complexity index is 660. The molecule has 0 fully saturated rings. The van der Waals surface area contributed by atoms with E-state index in [2.05, 4.69) is 11.8 Å². The van der Waals surface area contributed by atoms with Crippen LogP contribution in [0.4, 0.5) is 0 Å². The van der Waals surface area contributed by atoms with E-state index < -0.39 is 0 Å². The standard InChI is InChI=1S/C15H17N3OS/c1-17-8-4-6-14(17)15(19)18(2)10-12-9-13(20-11-12)5-3-7-16/h4,6,8-9,11H,7,10,16H2,1-2H3. The fourth-order valence-electron chi connectivity index (χ4n) is 1.89. The number of aromatic nitrogens is 1. The lowest BCUT2D eigenvalue weighted by atomic mass is 10.2. The molecule has 0 aromatic carbocycles. The second kappa shape index (κ2) is 6.42. The molecular weight excluding hydrogens is 270 g/mol.